The number of benzene rings is 2. The van der Waals surface area contributed by atoms with Gasteiger partial charge in [-0.2, -0.15) is 0 Å². The fourth-order valence-corrected chi connectivity index (χ4v) is 3.86. The number of aryl methyl sites for hydroxylation is 2. The first-order chi connectivity index (χ1) is 13.5. The lowest BCUT2D eigenvalue weighted by Gasteiger charge is -2.29. The average molecular weight is 404 g/mol. The highest BCUT2D eigenvalue weighted by Crippen LogP contribution is 2.22. The molecule has 0 saturated carbocycles. The standard InChI is InChI=1S/C22H28ClN3O2/c1-17-6-5-7-18(2)22(17)24-21(27)16-26-12-10-25(11-13-26)14-15-28-20-9-4-3-8-19(20)23/h3-9H,10-16H2,1-2H3,(H,24,27)/p+2. The summed E-state index contributed by atoms with van der Waals surface area (Å²) in [7, 11) is 0. The number of piperazine rings is 1. The van der Waals surface area contributed by atoms with Crippen LogP contribution < -0.4 is 19.9 Å². The Morgan fingerprint density at radius 3 is 2.32 bits per heavy atom. The van der Waals surface area contributed by atoms with Gasteiger partial charge in [-0.15, -0.1) is 0 Å². The first kappa shape index (κ1) is 20.6. The van der Waals surface area contributed by atoms with Gasteiger partial charge in [-0.05, 0) is 37.1 Å². The SMILES string of the molecule is Cc1cccc(C)c1NC(=O)C[NH+]1CC[NH+](CCOc2ccccc2Cl)CC1. The van der Waals surface area contributed by atoms with Gasteiger partial charge < -0.3 is 19.9 Å². The molecule has 0 aliphatic carbocycles. The lowest BCUT2D eigenvalue weighted by atomic mass is 10.1. The van der Waals surface area contributed by atoms with Crippen molar-refractivity contribution in [2.24, 2.45) is 0 Å². The van der Waals surface area contributed by atoms with Crippen molar-refractivity contribution in [1.29, 1.82) is 0 Å². The van der Waals surface area contributed by atoms with Gasteiger partial charge >= 0.3 is 0 Å². The largest absolute Gasteiger partial charge is 0.486 e. The van der Waals surface area contributed by atoms with E-state index in [1.807, 2.05) is 56.3 Å². The minimum atomic E-state index is 0.0953. The minimum absolute atomic E-state index is 0.0953. The Morgan fingerprint density at radius 1 is 1.00 bits per heavy atom. The molecule has 2 aromatic rings. The zero-order valence-corrected chi connectivity index (χ0v) is 17.4. The Balaban J connectivity index is 1.38. The summed E-state index contributed by atoms with van der Waals surface area (Å²) in [5.74, 6) is 0.842. The van der Waals surface area contributed by atoms with Gasteiger partial charge in [0.2, 0.25) is 0 Å². The van der Waals surface area contributed by atoms with Crippen LogP contribution >= 0.6 is 11.6 Å². The molecule has 0 aromatic heterocycles. The predicted molar refractivity (Wildman–Crippen MR) is 113 cm³/mol. The number of ether oxygens (including phenoxy) is 1. The summed E-state index contributed by atoms with van der Waals surface area (Å²) >= 11 is 6.12. The molecule has 1 fully saturated rings. The van der Waals surface area contributed by atoms with Crippen LogP contribution in [0.4, 0.5) is 5.69 Å². The Labute approximate surface area is 172 Å². The summed E-state index contributed by atoms with van der Waals surface area (Å²) in [5, 5.41) is 3.75. The molecular formula is C22H30ClN3O2+2. The third-order valence-corrected chi connectivity index (χ3v) is 5.68. The van der Waals surface area contributed by atoms with E-state index >= 15 is 0 Å². The van der Waals surface area contributed by atoms with E-state index in [4.69, 9.17) is 16.3 Å². The normalized spacial score (nSPS) is 19.2. The number of halogens is 1. The molecular weight excluding hydrogens is 374 g/mol. The third-order valence-electron chi connectivity index (χ3n) is 5.37. The van der Waals surface area contributed by atoms with Crippen molar-refractivity contribution < 1.29 is 19.3 Å². The van der Waals surface area contributed by atoms with Crippen molar-refractivity contribution in [2.75, 3.05) is 51.2 Å². The van der Waals surface area contributed by atoms with Gasteiger partial charge in [-0.1, -0.05) is 41.9 Å². The van der Waals surface area contributed by atoms with E-state index in [0.717, 1.165) is 55.3 Å². The van der Waals surface area contributed by atoms with Crippen LogP contribution in [-0.2, 0) is 4.79 Å². The zero-order valence-electron chi connectivity index (χ0n) is 16.7. The monoisotopic (exact) mass is 403 g/mol. The number of hydrogen-bond acceptors (Lipinski definition) is 2. The van der Waals surface area contributed by atoms with Gasteiger partial charge in [-0.25, -0.2) is 0 Å². The maximum absolute atomic E-state index is 12.5. The topological polar surface area (TPSA) is 47.2 Å². The first-order valence-corrected chi connectivity index (χ1v) is 10.3. The summed E-state index contributed by atoms with van der Waals surface area (Å²) in [4.78, 5) is 15.3. The highest BCUT2D eigenvalue weighted by atomic mass is 35.5. The number of rotatable bonds is 7. The number of carbonyl (C=O) groups is 1. The summed E-state index contributed by atoms with van der Waals surface area (Å²) in [6.07, 6.45) is 0. The lowest BCUT2D eigenvalue weighted by Crippen LogP contribution is -3.28. The van der Waals surface area contributed by atoms with E-state index in [1.165, 1.54) is 9.80 Å². The number of nitrogens with one attached hydrogen (secondary N) is 3. The van der Waals surface area contributed by atoms with Crippen LogP contribution in [0, 0.1) is 13.8 Å². The Morgan fingerprint density at radius 2 is 1.64 bits per heavy atom. The second kappa shape index (κ2) is 9.92. The number of anilines is 1. The molecule has 5 nitrogen and oxygen atoms in total. The fourth-order valence-electron chi connectivity index (χ4n) is 3.67. The van der Waals surface area contributed by atoms with Gasteiger partial charge in [0.1, 0.15) is 45.1 Å². The molecule has 1 amide bonds. The van der Waals surface area contributed by atoms with E-state index in [-0.39, 0.29) is 5.91 Å². The van der Waals surface area contributed by atoms with Crippen LogP contribution in [0.15, 0.2) is 42.5 Å². The van der Waals surface area contributed by atoms with Crippen molar-refractivity contribution in [2.45, 2.75) is 13.8 Å². The molecule has 1 saturated heterocycles. The molecule has 1 aliphatic rings. The fraction of sp³-hybridized carbons (Fsp3) is 0.409. The Bertz CT molecular complexity index is 784. The number of para-hydroxylation sites is 2. The van der Waals surface area contributed by atoms with E-state index < -0.39 is 0 Å². The van der Waals surface area contributed by atoms with E-state index in [9.17, 15) is 4.79 Å². The van der Waals surface area contributed by atoms with Crippen molar-refractivity contribution in [1.82, 2.24) is 0 Å². The Kier molecular flexibility index (Phi) is 7.31. The van der Waals surface area contributed by atoms with Crippen LogP contribution in [-0.4, -0.2) is 51.8 Å². The number of carbonyl (C=O) groups excluding carboxylic acids is 1. The average Bonchev–Trinajstić information content (AvgIpc) is 2.68. The molecule has 150 valence electrons. The van der Waals surface area contributed by atoms with E-state index in [1.54, 1.807) is 0 Å². The second-order valence-corrected chi connectivity index (χ2v) is 7.93. The molecule has 28 heavy (non-hydrogen) atoms. The molecule has 0 radical (unpaired) electrons. The van der Waals surface area contributed by atoms with Gasteiger partial charge in [0, 0.05) is 5.69 Å². The maximum Gasteiger partial charge on any atom is 0.279 e. The van der Waals surface area contributed by atoms with Crippen LogP contribution in [0.2, 0.25) is 5.02 Å². The van der Waals surface area contributed by atoms with Crippen molar-refractivity contribution in [3.63, 3.8) is 0 Å². The molecule has 0 spiro atoms. The van der Waals surface area contributed by atoms with Gasteiger partial charge in [-0.3, -0.25) is 4.79 Å². The molecule has 0 bridgehead atoms. The van der Waals surface area contributed by atoms with Gasteiger partial charge in [0.05, 0.1) is 5.02 Å². The molecule has 1 aliphatic heterocycles. The molecule has 6 heteroatoms. The summed E-state index contributed by atoms with van der Waals surface area (Å²) < 4.78 is 5.80. The first-order valence-electron chi connectivity index (χ1n) is 9.93. The minimum Gasteiger partial charge on any atom is -0.486 e. The van der Waals surface area contributed by atoms with Gasteiger partial charge in [0.15, 0.2) is 6.54 Å². The molecule has 0 unspecified atom stereocenters. The molecule has 3 rings (SSSR count). The Hall–Kier alpha value is -2.08. The van der Waals surface area contributed by atoms with Crippen LogP contribution in [0.25, 0.3) is 0 Å². The summed E-state index contributed by atoms with van der Waals surface area (Å²) in [5.41, 5.74) is 3.17. The quantitative estimate of drug-likeness (QED) is 0.639. The van der Waals surface area contributed by atoms with Crippen molar-refractivity contribution in [3.05, 3.63) is 58.6 Å². The zero-order chi connectivity index (χ0) is 19.9. The van der Waals surface area contributed by atoms with Crippen LogP contribution in [0.3, 0.4) is 0 Å². The smallest absolute Gasteiger partial charge is 0.279 e. The predicted octanol–water partition coefficient (Wildman–Crippen LogP) is 0.758. The molecule has 1 heterocycles. The summed E-state index contributed by atoms with van der Waals surface area (Å²) in [6.45, 7) is 10.3. The lowest BCUT2D eigenvalue weighted by molar-refractivity contribution is -1.01. The van der Waals surface area contributed by atoms with Crippen LogP contribution in [0.1, 0.15) is 11.1 Å². The van der Waals surface area contributed by atoms with Crippen molar-refractivity contribution >= 4 is 23.2 Å². The number of hydrogen-bond donors (Lipinski definition) is 3. The number of amides is 1. The van der Waals surface area contributed by atoms with E-state index in [0.29, 0.717) is 18.2 Å². The molecule has 2 aromatic carbocycles. The highest BCUT2D eigenvalue weighted by Gasteiger charge is 2.25. The van der Waals surface area contributed by atoms with Crippen molar-refractivity contribution in [3.8, 4) is 5.75 Å². The number of quaternary nitrogens is 2. The highest BCUT2D eigenvalue weighted by molar-refractivity contribution is 6.32. The molecule has 3 N–H and O–H groups in total. The maximum atomic E-state index is 12.5. The third kappa shape index (κ3) is 5.71. The molecule has 0 atom stereocenters. The van der Waals surface area contributed by atoms with Gasteiger partial charge in [0.25, 0.3) is 5.91 Å². The van der Waals surface area contributed by atoms with E-state index in [2.05, 4.69) is 5.32 Å². The van der Waals surface area contributed by atoms with Crippen LogP contribution in [0.5, 0.6) is 5.75 Å². The summed E-state index contributed by atoms with van der Waals surface area (Å²) in [6, 6.07) is 13.6. The second-order valence-electron chi connectivity index (χ2n) is 7.52.